The van der Waals surface area contributed by atoms with Gasteiger partial charge in [0.05, 0.1) is 18.4 Å². The molecular weight excluding hydrogens is 342 g/mol. The fourth-order valence-corrected chi connectivity index (χ4v) is 3.12. The van der Waals surface area contributed by atoms with Crippen LogP contribution in [-0.4, -0.2) is 65.2 Å². The molecule has 0 bridgehead atoms. The van der Waals surface area contributed by atoms with E-state index in [0.29, 0.717) is 0 Å². The van der Waals surface area contributed by atoms with Gasteiger partial charge in [-0.1, -0.05) is 0 Å². The van der Waals surface area contributed by atoms with Crippen LogP contribution in [0.4, 0.5) is 0 Å². The average Bonchev–Trinajstić information content (AvgIpc) is 2.48. The summed E-state index contributed by atoms with van der Waals surface area (Å²) in [6, 6.07) is 1.91. The Hall–Kier alpha value is -1.83. The predicted molar refractivity (Wildman–Crippen MR) is 80.5 cm³/mol. The molecule has 134 valence electrons. The number of hydrogen-bond donors (Lipinski definition) is 1. The first-order valence-electron chi connectivity index (χ1n) is 7.06. The zero-order valence-electron chi connectivity index (χ0n) is 13.5. The number of carbonyl (C=O) groups is 3. The molecule has 1 saturated heterocycles. The third-order valence-electron chi connectivity index (χ3n) is 2.99. The van der Waals surface area contributed by atoms with Gasteiger partial charge >= 0.3 is 17.9 Å². The van der Waals surface area contributed by atoms with Crippen molar-refractivity contribution >= 4 is 29.7 Å². The average molecular weight is 361 g/mol. The van der Waals surface area contributed by atoms with Gasteiger partial charge in [0, 0.05) is 20.8 Å². The first-order chi connectivity index (χ1) is 11.3. The van der Waals surface area contributed by atoms with Crippen LogP contribution in [0.3, 0.4) is 0 Å². The summed E-state index contributed by atoms with van der Waals surface area (Å²) in [6.45, 7) is 2.94. The van der Waals surface area contributed by atoms with Crippen LogP contribution in [0.5, 0.6) is 0 Å². The Kier molecular flexibility index (Phi) is 7.97. The molecule has 5 atom stereocenters. The first kappa shape index (κ1) is 20.2. The van der Waals surface area contributed by atoms with Crippen LogP contribution in [0.2, 0.25) is 0 Å². The molecular formula is C14H19NO8S. The molecule has 0 amide bonds. The Morgan fingerprint density at radius 1 is 1.04 bits per heavy atom. The summed E-state index contributed by atoms with van der Waals surface area (Å²) >= 11 is 1.01. The standard InChI is InChI=1S/C14H19NO8S/c1-7(17)20-11-10(6-16)23-14(24-5-4-15)13(22-9(3)19)12(11)21-8(2)18/h10-14,16H,5-6H2,1-3H3/t10-,11-,12+,13+,14-/m1/s1. The number of nitrogens with zero attached hydrogens (tertiary/aromatic N) is 1. The highest BCUT2D eigenvalue weighted by Crippen LogP contribution is 2.33. The summed E-state index contributed by atoms with van der Waals surface area (Å²) in [5.41, 5.74) is -0.873. The maximum Gasteiger partial charge on any atom is 0.303 e. The van der Waals surface area contributed by atoms with Crippen molar-refractivity contribution in [3.63, 3.8) is 0 Å². The monoisotopic (exact) mass is 361 g/mol. The van der Waals surface area contributed by atoms with Gasteiger partial charge in [-0.3, -0.25) is 14.4 Å². The smallest absolute Gasteiger partial charge is 0.303 e. The summed E-state index contributed by atoms with van der Waals surface area (Å²) in [5, 5.41) is 18.2. The lowest BCUT2D eigenvalue weighted by molar-refractivity contribution is -0.236. The molecule has 1 fully saturated rings. The molecule has 9 nitrogen and oxygen atoms in total. The molecule has 1 rings (SSSR count). The van der Waals surface area contributed by atoms with Crippen molar-refractivity contribution in [2.24, 2.45) is 0 Å². The molecule has 1 heterocycles. The van der Waals surface area contributed by atoms with Gasteiger partial charge in [0.25, 0.3) is 0 Å². The van der Waals surface area contributed by atoms with Crippen molar-refractivity contribution in [2.45, 2.75) is 50.6 Å². The SMILES string of the molecule is CC(=O)O[C@@H]1[C@H](OC(C)=O)[C@@H](SCC#N)O[C@H](CO)[C@H]1OC(C)=O. The van der Waals surface area contributed by atoms with Gasteiger partial charge in [-0.15, -0.1) is 11.8 Å². The number of aliphatic hydroxyl groups is 1. The van der Waals surface area contributed by atoms with Gasteiger partial charge in [0.2, 0.25) is 0 Å². The second-order valence-corrected chi connectivity index (χ2v) is 6.00. The maximum atomic E-state index is 11.4. The van der Waals surface area contributed by atoms with E-state index in [-0.39, 0.29) is 5.75 Å². The quantitative estimate of drug-likeness (QED) is 0.499. The number of carbonyl (C=O) groups excluding carboxylic acids is 3. The molecule has 0 unspecified atom stereocenters. The minimum absolute atomic E-state index is 0.0194. The van der Waals surface area contributed by atoms with Crippen LogP contribution in [0.15, 0.2) is 0 Å². The Bertz CT molecular complexity index is 519. The Labute approximate surface area is 143 Å². The van der Waals surface area contributed by atoms with E-state index < -0.39 is 54.4 Å². The minimum Gasteiger partial charge on any atom is -0.456 e. The fourth-order valence-electron chi connectivity index (χ4n) is 2.26. The lowest BCUT2D eigenvalue weighted by Gasteiger charge is -2.43. The second-order valence-electron chi connectivity index (χ2n) is 4.92. The van der Waals surface area contributed by atoms with Gasteiger partial charge in [0.15, 0.2) is 18.3 Å². The van der Waals surface area contributed by atoms with E-state index in [1.807, 2.05) is 6.07 Å². The lowest BCUT2D eigenvalue weighted by Crippen LogP contribution is -2.61. The molecule has 1 aliphatic heterocycles. The number of aliphatic hydroxyl groups excluding tert-OH is 1. The van der Waals surface area contributed by atoms with Crippen LogP contribution in [0, 0.1) is 11.3 Å². The first-order valence-corrected chi connectivity index (χ1v) is 8.11. The molecule has 24 heavy (non-hydrogen) atoms. The molecule has 0 aromatic rings. The van der Waals surface area contributed by atoms with Gasteiger partial charge in [-0.05, 0) is 0 Å². The van der Waals surface area contributed by atoms with E-state index in [1.165, 1.54) is 0 Å². The van der Waals surface area contributed by atoms with Crippen molar-refractivity contribution in [1.82, 2.24) is 0 Å². The Morgan fingerprint density at radius 2 is 1.54 bits per heavy atom. The largest absolute Gasteiger partial charge is 0.456 e. The Morgan fingerprint density at radius 3 is 2.00 bits per heavy atom. The third-order valence-corrected chi connectivity index (χ3v) is 3.99. The summed E-state index contributed by atoms with van der Waals surface area (Å²) in [7, 11) is 0. The highest BCUT2D eigenvalue weighted by molar-refractivity contribution is 8.00. The molecule has 0 aromatic carbocycles. The van der Waals surface area contributed by atoms with E-state index in [9.17, 15) is 19.5 Å². The molecule has 0 radical (unpaired) electrons. The second kappa shape index (κ2) is 9.46. The zero-order valence-corrected chi connectivity index (χ0v) is 14.3. The number of rotatable bonds is 6. The number of hydrogen-bond acceptors (Lipinski definition) is 10. The zero-order chi connectivity index (χ0) is 18.3. The van der Waals surface area contributed by atoms with Crippen molar-refractivity contribution < 1.29 is 38.4 Å². The summed E-state index contributed by atoms with van der Waals surface area (Å²) in [4.78, 5) is 34.1. The summed E-state index contributed by atoms with van der Waals surface area (Å²) in [6.07, 6.45) is -4.42. The van der Waals surface area contributed by atoms with Crippen LogP contribution in [0.25, 0.3) is 0 Å². The van der Waals surface area contributed by atoms with E-state index in [0.717, 1.165) is 32.5 Å². The van der Waals surface area contributed by atoms with Gasteiger partial charge in [0.1, 0.15) is 11.5 Å². The van der Waals surface area contributed by atoms with E-state index in [1.54, 1.807) is 0 Å². The molecule has 0 aromatic heterocycles. The molecule has 0 saturated carbocycles. The van der Waals surface area contributed by atoms with E-state index >= 15 is 0 Å². The fraction of sp³-hybridized carbons (Fsp3) is 0.714. The molecule has 10 heteroatoms. The van der Waals surface area contributed by atoms with Gasteiger partial charge in [-0.25, -0.2) is 0 Å². The number of thioether (sulfide) groups is 1. The Balaban J connectivity index is 3.18. The number of ether oxygens (including phenoxy) is 4. The summed E-state index contributed by atoms with van der Waals surface area (Å²) in [5.74, 6) is -2.00. The predicted octanol–water partition coefficient (Wildman–Crippen LogP) is -0.245. The van der Waals surface area contributed by atoms with Crippen LogP contribution in [0.1, 0.15) is 20.8 Å². The maximum absolute atomic E-state index is 11.4. The number of nitriles is 1. The number of esters is 3. The molecule has 0 spiro atoms. The normalized spacial score (nSPS) is 29.2. The van der Waals surface area contributed by atoms with Crippen LogP contribution in [-0.2, 0) is 33.3 Å². The third kappa shape index (κ3) is 5.67. The lowest BCUT2D eigenvalue weighted by atomic mass is 9.99. The minimum atomic E-state index is -1.17. The van der Waals surface area contributed by atoms with Gasteiger partial charge in [-0.2, -0.15) is 5.26 Å². The van der Waals surface area contributed by atoms with Crippen LogP contribution >= 0.6 is 11.8 Å². The van der Waals surface area contributed by atoms with Crippen molar-refractivity contribution in [1.29, 1.82) is 5.26 Å². The van der Waals surface area contributed by atoms with E-state index in [2.05, 4.69) is 0 Å². The van der Waals surface area contributed by atoms with Gasteiger partial charge < -0.3 is 24.1 Å². The topological polar surface area (TPSA) is 132 Å². The van der Waals surface area contributed by atoms with Crippen molar-refractivity contribution in [2.75, 3.05) is 12.4 Å². The highest BCUT2D eigenvalue weighted by Gasteiger charge is 2.51. The highest BCUT2D eigenvalue weighted by atomic mass is 32.2. The summed E-state index contributed by atoms with van der Waals surface area (Å²) < 4.78 is 21.1. The van der Waals surface area contributed by atoms with Crippen molar-refractivity contribution in [3.8, 4) is 6.07 Å². The van der Waals surface area contributed by atoms with Crippen molar-refractivity contribution in [3.05, 3.63) is 0 Å². The van der Waals surface area contributed by atoms with Crippen LogP contribution < -0.4 is 0 Å². The molecule has 1 N–H and O–H groups in total. The molecule has 1 aliphatic rings. The van der Waals surface area contributed by atoms with E-state index in [4.69, 9.17) is 24.2 Å². The molecule has 0 aliphatic carbocycles.